The number of hydrogen-bond acceptors (Lipinski definition) is 1. The second-order valence-electron chi connectivity index (χ2n) is 4.43. The summed E-state index contributed by atoms with van der Waals surface area (Å²) in [6.45, 7) is 6.23. The van der Waals surface area contributed by atoms with Crippen molar-refractivity contribution < 1.29 is 0 Å². The normalized spacial score (nSPS) is 20.1. The van der Waals surface area contributed by atoms with Crippen LogP contribution < -0.4 is 0 Å². The molecule has 1 fully saturated rings. The van der Waals surface area contributed by atoms with E-state index in [1.54, 1.807) is 0 Å². The number of halogens is 1. The molecule has 0 aliphatic carbocycles. The van der Waals surface area contributed by atoms with Gasteiger partial charge in [-0.15, -0.1) is 0 Å². The lowest BCUT2D eigenvalue weighted by molar-refractivity contribution is 0.229. The van der Waals surface area contributed by atoms with Crippen LogP contribution in [0.5, 0.6) is 0 Å². The van der Waals surface area contributed by atoms with E-state index >= 15 is 0 Å². The minimum Gasteiger partial charge on any atom is -0.303 e. The number of piperidine rings is 1. The van der Waals surface area contributed by atoms with Crippen molar-refractivity contribution in [2.24, 2.45) is 0 Å². The topological polar surface area (TPSA) is 3.24 Å². The molecule has 0 atom stereocenters. The second-order valence-corrected chi connectivity index (χ2v) is 5.73. The summed E-state index contributed by atoms with van der Waals surface area (Å²) in [7, 11) is 0. The first kappa shape index (κ1) is 12.5. The van der Waals surface area contributed by atoms with Crippen LogP contribution in [0.15, 0.2) is 0 Å². The van der Waals surface area contributed by atoms with Gasteiger partial charge in [-0.25, -0.2) is 0 Å². The Kier molecular flexibility index (Phi) is 6.88. The molecule has 14 heavy (non-hydrogen) atoms. The van der Waals surface area contributed by atoms with Crippen LogP contribution in [0.2, 0.25) is 0 Å². The minimum atomic E-state index is 0.791. The van der Waals surface area contributed by atoms with Gasteiger partial charge in [0.05, 0.1) is 0 Å². The molecular formula is C12H24BrN. The Hall–Kier alpha value is 0.440. The molecule has 0 aromatic heterocycles. The van der Waals surface area contributed by atoms with Crippen LogP contribution in [0.4, 0.5) is 0 Å². The Morgan fingerprint density at radius 1 is 1.07 bits per heavy atom. The van der Waals surface area contributed by atoms with E-state index in [4.69, 9.17) is 0 Å². The molecular weight excluding hydrogens is 238 g/mol. The molecule has 0 bridgehead atoms. The smallest absolute Gasteiger partial charge is 0.0170 e. The highest BCUT2D eigenvalue weighted by Crippen LogP contribution is 2.17. The van der Waals surface area contributed by atoms with Crippen molar-refractivity contribution in [3.8, 4) is 0 Å². The van der Waals surface area contributed by atoms with Crippen LogP contribution in [0.1, 0.15) is 51.9 Å². The maximum Gasteiger partial charge on any atom is 0.0170 e. The van der Waals surface area contributed by atoms with Crippen molar-refractivity contribution in [2.45, 2.75) is 56.7 Å². The minimum absolute atomic E-state index is 0.791. The van der Waals surface area contributed by atoms with Gasteiger partial charge in [-0.1, -0.05) is 48.5 Å². The zero-order valence-electron chi connectivity index (χ0n) is 9.47. The zero-order valence-corrected chi connectivity index (χ0v) is 11.1. The molecule has 0 unspecified atom stereocenters. The lowest BCUT2D eigenvalue weighted by Gasteiger charge is -2.29. The molecule has 1 rings (SSSR count). The summed E-state index contributed by atoms with van der Waals surface area (Å²) >= 11 is 3.69. The summed E-state index contributed by atoms with van der Waals surface area (Å²) in [5.74, 6) is 0. The van der Waals surface area contributed by atoms with Gasteiger partial charge in [0.15, 0.2) is 0 Å². The fraction of sp³-hybridized carbons (Fsp3) is 1.00. The Labute approximate surface area is 97.4 Å². The number of nitrogens with zero attached hydrogens (tertiary/aromatic N) is 1. The van der Waals surface area contributed by atoms with Crippen LogP contribution in [-0.2, 0) is 0 Å². The van der Waals surface area contributed by atoms with Crippen LogP contribution in [0, 0.1) is 0 Å². The standard InChI is InChI=1S/C12H24BrN/c1-2-3-4-5-6-9-14-10-7-12(13)8-11-14/h12H,2-11H2,1H3. The first-order chi connectivity index (χ1) is 6.83. The monoisotopic (exact) mass is 261 g/mol. The number of rotatable bonds is 6. The molecule has 0 N–H and O–H groups in total. The lowest BCUT2D eigenvalue weighted by Crippen LogP contribution is -2.34. The zero-order chi connectivity index (χ0) is 10.2. The molecule has 1 aliphatic rings. The SMILES string of the molecule is CCCCCCCN1CCC(Br)CC1. The van der Waals surface area contributed by atoms with Gasteiger partial charge < -0.3 is 4.90 Å². The van der Waals surface area contributed by atoms with E-state index in [0.717, 1.165) is 4.83 Å². The van der Waals surface area contributed by atoms with E-state index in [2.05, 4.69) is 27.8 Å². The van der Waals surface area contributed by atoms with Gasteiger partial charge in [-0.3, -0.25) is 0 Å². The average molecular weight is 262 g/mol. The molecule has 0 aromatic carbocycles. The maximum atomic E-state index is 3.69. The van der Waals surface area contributed by atoms with Crippen molar-refractivity contribution in [1.82, 2.24) is 4.90 Å². The van der Waals surface area contributed by atoms with E-state index in [1.807, 2.05) is 0 Å². The number of hydrogen-bond donors (Lipinski definition) is 0. The second kappa shape index (κ2) is 7.70. The van der Waals surface area contributed by atoms with Crippen molar-refractivity contribution >= 4 is 15.9 Å². The van der Waals surface area contributed by atoms with Gasteiger partial charge in [-0.05, 0) is 38.9 Å². The highest BCUT2D eigenvalue weighted by Gasteiger charge is 2.15. The number of likely N-dealkylation sites (tertiary alicyclic amines) is 1. The third-order valence-electron chi connectivity index (χ3n) is 3.10. The van der Waals surface area contributed by atoms with Gasteiger partial charge in [0.25, 0.3) is 0 Å². The third kappa shape index (κ3) is 5.35. The number of unbranched alkanes of at least 4 members (excludes halogenated alkanes) is 4. The molecule has 1 saturated heterocycles. The molecule has 0 aromatic rings. The van der Waals surface area contributed by atoms with Crippen LogP contribution in [-0.4, -0.2) is 29.4 Å². The molecule has 0 spiro atoms. The van der Waals surface area contributed by atoms with Gasteiger partial charge in [0.2, 0.25) is 0 Å². The van der Waals surface area contributed by atoms with Crippen LogP contribution >= 0.6 is 15.9 Å². The van der Waals surface area contributed by atoms with Crippen LogP contribution in [0.3, 0.4) is 0 Å². The largest absolute Gasteiger partial charge is 0.303 e. The van der Waals surface area contributed by atoms with Crippen LogP contribution in [0.25, 0.3) is 0 Å². The quantitative estimate of drug-likeness (QED) is 0.519. The van der Waals surface area contributed by atoms with Gasteiger partial charge in [-0.2, -0.15) is 0 Å². The highest BCUT2D eigenvalue weighted by atomic mass is 79.9. The fourth-order valence-electron chi connectivity index (χ4n) is 2.06. The lowest BCUT2D eigenvalue weighted by atomic mass is 10.1. The summed E-state index contributed by atoms with van der Waals surface area (Å²) in [6.07, 6.45) is 9.74. The van der Waals surface area contributed by atoms with Crippen molar-refractivity contribution in [3.05, 3.63) is 0 Å². The predicted octanol–water partition coefficient (Wildman–Crippen LogP) is 3.82. The van der Waals surface area contributed by atoms with E-state index in [0.29, 0.717) is 0 Å². The summed E-state index contributed by atoms with van der Waals surface area (Å²) in [5.41, 5.74) is 0. The highest BCUT2D eigenvalue weighted by molar-refractivity contribution is 9.09. The van der Waals surface area contributed by atoms with Crippen molar-refractivity contribution in [1.29, 1.82) is 0 Å². The molecule has 0 amide bonds. The first-order valence-corrected chi connectivity index (χ1v) is 7.11. The Morgan fingerprint density at radius 3 is 2.36 bits per heavy atom. The summed E-state index contributed by atoms with van der Waals surface area (Å²) in [6, 6.07) is 0. The molecule has 1 heterocycles. The summed E-state index contributed by atoms with van der Waals surface area (Å²) < 4.78 is 0. The number of alkyl halides is 1. The summed E-state index contributed by atoms with van der Waals surface area (Å²) in [4.78, 5) is 3.42. The van der Waals surface area contributed by atoms with Crippen molar-refractivity contribution in [3.63, 3.8) is 0 Å². The molecule has 84 valence electrons. The summed E-state index contributed by atoms with van der Waals surface area (Å²) in [5, 5.41) is 0. The fourth-order valence-corrected chi connectivity index (χ4v) is 2.47. The Bertz CT molecular complexity index is 130. The van der Waals surface area contributed by atoms with E-state index in [1.165, 1.54) is 64.6 Å². The first-order valence-electron chi connectivity index (χ1n) is 6.19. The molecule has 1 nitrogen and oxygen atoms in total. The van der Waals surface area contributed by atoms with Crippen molar-refractivity contribution in [2.75, 3.05) is 19.6 Å². The Balaban J connectivity index is 1.91. The Morgan fingerprint density at radius 2 is 1.71 bits per heavy atom. The molecule has 1 aliphatic heterocycles. The van der Waals surface area contributed by atoms with Gasteiger partial charge in [0, 0.05) is 4.83 Å². The van der Waals surface area contributed by atoms with E-state index < -0.39 is 0 Å². The van der Waals surface area contributed by atoms with E-state index in [-0.39, 0.29) is 0 Å². The third-order valence-corrected chi connectivity index (χ3v) is 4.01. The maximum absolute atomic E-state index is 3.69. The van der Waals surface area contributed by atoms with E-state index in [9.17, 15) is 0 Å². The molecule has 0 saturated carbocycles. The van der Waals surface area contributed by atoms with Gasteiger partial charge in [0.1, 0.15) is 0 Å². The van der Waals surface area contributed by atoms with Gasteiger partial charge >= 0.3 is 0 Å². The predicted molar refractivity (Wildman–Crippen MR) is 67.1 cm³/mol. The molecule has 0 radical (unpaired) electrons. The average Bonchev–Trinajstić information content (AvgIpc) is 2.21. The molecule has 2 heteroatoms.